The molecule has 8 fully saturated rings. The molecule has 0 amide bonds. The lowest BCUT2D eigenvalue weighted by Gasteiger charge is -2.62. The highest BCUT2D eigenvalue weighted by Gasteiger charge is 2.69. The number of aliphatic hydroxyl groups excluding tert-OH is 7. The molecule has 23 atom stereocenters. The molecule has 0 radical (unpaired) electrons. The summed E-state index contributed by atoms with van der Waals surface area (Å²) in [5, 5.41) is 74.8. The van der Waals surface area contributed by atoms with Crippen LogP contribution < -0.4 is 0 Å². The maximum absolute atomic E-state index is 11.8. The predicted molar refractivity (Wildman–Crippen MR) is 183 cm³/mol. The van der Waals surface area contributed by atoms with Crippen molar-refractivity contribution in [1.29, 1.82) is 0 Å². The number of fused-ring (bicyclic) bond motifs is 7. The monoisotopic (exact) mass is 740 g/mol. The number of hydrogen-bond donors (Lipinski definition) is 7. The van der Waals surface area contributed by atoms with Crippen molar-refractivity contribution >= 4 is 0 Å². The van der Waals surface area contributed by atoms with Crippen molar-refractivity contribution < 1.29 is 64.2 Å². The van der Waals surface area contributed by atoms with Gasteiger partial charge in [0.15, 0.2) is 18.4 Å². The lowest BCUT2D eigenvalue weighted by atomic mass is 9.44. The zero-order chi connectivity index (χ0) is 37.1. The molecule has 0 aromatic carbocycles. The van der Waals surface area contributed by atoms with E-state index in [1.54, 1.807) is 0 Å². The van der Waals surface area contributed by atoms with E-state index in [2.05, 4.69) is 27.7 Å². The molecule has 0 bridgehead atoms. The van der Waals surface area contributed by atoms with E-state index >= 15 is 0 Å². The molecular weight excluding hydrogens is 676 g/mol. The fraction of sp³-hybridized carbons (Fsp3) is 1.00. The van der Waals surface area contributed by atoms with Gasteiger partial charge in [0, 0.05) is 12.3 Å². The van der Waals surface area contributed by atoms with Crippen molar-refractivity contribution in [3.63, 3.8) is 0 Å². The lowest BCUT2D eigenvalue weighted by Crippen LogP contribution is -2.65. The Labute approximate surface area is 307 Å². The van der Waals surface area contributed by atoms with Crippen LogP contribution in [0.2, 0.25) is 0 Å². The van der Waals surface area contributed by atoms with Crippen LogP contribution in [0.15, 0.2) is 0 Å². The van der Waals surface area contributed by atoms with Crippen LogP contribution in [0.1, 0.15) is 92.4 Å². The Bertz CT molecular complexity index is 1280. The summed E-state index contributed by atoms with van der Waals surface area (Å²) in [6.45, 7) is 11.2. The van der Waals surface area contributed by atoms with Crippen LogP contribution in [-0.4, -0.2) is 134 Å². The zero-order valence-corrected chi connectivity index (χ0v) is 31.4. The highest BCUT2D eigenvalue weighted by molar-refractivity contribution is 5.16. The number of rotatable bonds is 5. The summed E-state index contributed by atoms with van der Waals surface area (Å²) in [5.74, 6) is 2.91. The molecular formula is C39H64O13. The van der Waals surface area contributed by atoms with Crippen LogP contribution in [0.4, 0.5) is 0 Å². The summed E-state index contributed by atoms with van der Waals surface area (Å²) >= 11 is 0. The van der Waals surface area contributed by atoms with E-state index < -0.39 is 86.0 Å². The summed E-state index contributed by atoms with van der Waals surface area (Å²) < 4.78 is 37.4. The summed E-state index contributed by atoms with van der Waals surface area (Å²) in [7, 11) is 0. The Morgan fingerprint density at radius 2 is 1.50 bits per heavy atom. The zero-order valence-electron chi connectivity index (χ0n) is 31.4. The lowest BCUT2D eigenvalue weighted by molar-refractivity contribution is -0.374. The highest BCUT2D eigenvalue weighted by atomic mass is 16.8. The molecule has 0 aromatic rings. The Kier molecular flexibility index (Phi) is 10.2. The van der Waals surface area contributed by atoms with Crippen LogP contribution in [-0.2, 0) is 28.4 Å². The molecule has 8 aliphatic rings. The standard InChI is InChI=1S/C39H64O13/c1-17-8-11-39(47-16-17)18(2)28-26(52-39)13-23-21-7-6-20-12-25(24(41)14-38(20,5)22(21)9-10-37(23,28)4)49-36-34(32(45)30(43)27(15-40)50-36)51-35-33(46)31(44)29(42)19(3)48-35/h17-36,40-46H,6-16H2,1-5H3/t17-,18?,19+,20+,21-,22+,23+,24-,25-,26?,27-,28?,29+,30+,31-,32+,33-,34-,35+,36-,37+,38+,39-/m1/s1. The van der Waals surface area contributed by atoms with Gasteiger partial charge < -0.3 is 64.2 Å². The second kappa shape index (κ2) is 13.8. The molecule has 4 heterocycles. The van der Waals surface area contributed by atoms with Crippen LogP contribution >= 0.6 is 0 Å². The van der Waals surface area contributed by atoms with E-state index in [-0.39, 0.29) is 22.9 Å². The second-order valence-corrected chi connectivity index (χ2v) is 18.8. The number of aliphatic hydroxyl groups is 7. The van der Waals surface area contributed by atoms with E-state index in [9.17, 15) is 35.7 Å². The second-order valence-electron chi connectivity index (χ2n) is 18.8. The normalized spacial score (nSPS) is 60.5. The quantitative estimate of drug-likeness (QED) is 0.200. The first-order valence-electron chi connectivity index (χ1n) is 20.2. The third-order valence-electron chi connectivity index (χ3n) is 16.2. The third-order valence-corrected chi connectivity index (χ3v) is 16.2. The van der Waals surface area contributed by atoms with Gasteiger partial charge >= 0.3 is 0 Å². The van der Waals surface area contributed by atoms with E-state index in [0.29, 0.717) is 48.3 Å². The van der Waals surface area contributed by atoms with Gasteiger partial charge in [-0.2, -0.15) is 0 Å². The van der Waals surface area contributed by atoms with Crippen molar-refractivity contribution in [2.24, 2.45) is 52.3 Å². The average molecular weight is 741 g/mol. The van der Waals surface area contributed by atoms with E-state index in [0.717, 1.165) is 51.6 Å². The van der Waals surface area contributed by atoms with Crippen molar-refractivity contribution in [1.82, 2.24) is 0 Å². The van der Waals surface area contributed by atoms with Crippen LogP contribution in [0, 0.1) is 52.3 Å². The minimum Gasteiger partial charge on any atom is -0.394 e. The molecule has 13 nitrogen and oxygen atoms in total. The van der Waals surface area contributed by atoms with Gasteiger partial charge in [0.2, 0.25) is 0 Å². The van der Waals surface area contributed by atoms with Gasteiger partial charge in [-0.05, 0) is 105 Å². The third kappa shape index (κ3) is 5.89. The molecule has 4 aliphatic heterocycles. The van der Waals surface area contributed by atoms with Gasteiger partial charge in [0.05, 0.1) is 37.6 Å². The van der Waals surface area contributed by atoms with Gasteiger partial charge in [0.1, 0.15) is 42.7 Å². The van der Waals surface area contributed by atoms with E-state index in [1.807, 2.05) is 0 Å². The first-order chi connectivity index (χ1) is 24.6. The predicted octanol–water partition coefficient (Wildman–Crippen LogP) is 1.44. The van der Waals surface area contributed by atoms with Crippen LogP contribution in [0.3, 0.4) is 0 Å². The Balaban J connectivity index is 0.962. The smallest absolute Gasteiger partial charge is 0.187 e. The average Bonchev–Trinajstić information content (AvgIpc) is 3.56. The molecule has 52 heavy (non-hydrogen) atoms. The largest absolute Gasteiger partial charge is 0.394 e. The fourth-order valence-electron chi connectivity index (χ4n) is 13.2. The topological polar surface area (TPSA) is 197 Å². The molecule has 4 saturated heterocycles. The maximum atomic E-state index is 11.8. The van der Waals surface area contributed by atoms with Gasteiger partial charge in [-0.1, -0.05) is 27.7 Å². The first kappa shape index (κ1) is 38.4. The molecule has 1 spiro atoms. The van der Waals surface area contributed by atoms with Crippen LogP contribution in [0.25, 0.3) is 0 Å². The number of ether oxygens (including phenoxy) is 6. The first-order valence-corrected chi connectivity index (χ1v) is 20.2. The van der Waals surface area contributed by atoms with Gasteiger partial charge in [-0.25, -0.2) is 0 Å². The summed E-state index contributed by atoms with van der Waals surface area (Å²) in [5.41, 5.74) is 0.115. The van der Waals surface area contributed by atoms with Gasteiger partial charge in [0.25, 0.3) is 0 Å². The van der Waals surface area contributed by atoms with Crippen LogP contribution in [0.5, 0.6) is 0 Å². The summed E-state index contributed by atoms with van der Waals surface area (Å²) in [6.07, 6.45) is -6.51. The minimum absolute atomic E-state index is 0.0859. The van der Waals surface area contributed by atoms with E-state index in [1.165, 1.54) is 6.92 Å². The highest BCUT2D eigenvalue weighted by Crippen LogP contribution is 2.71. The minimum atomic E-state index is -1.65. The van der Waals surface area contributed by atoms with Crippen molar-refractivity contribution in [3.05, 3.63) is 0 Å². The maximum Gasteiger partial charge on any atom is 0.187 e. The van der Waals surface area contributed by atoms with E-state index in [4.69, 9.17) is 28.4 Å². The molecule has 7 N–H and O–H groups in total. The summed E-state index contributed by atoms with van der Waals surface area (Å²) in [6, 6.07) is 0. The Hall–Kier alpha value is -0.520. The molecule has 4 aliphatic carbocycles. The number of hydrogen-bond acceptors (Lipinski definition) is 13. The Morgan fingerprint density at radius 1 is 0.731 bits per heavy atom. The van der Waals surface area contributed by atoms with Gasteiger partial charge in [-0.15, -0.1) is 0 Å². The molecule has 0 aromatic heterocycles. The van der Waals surface area contributed by atoms with Crippen molar-refractivity contribution in [2.45, 2.75) is 178 Å². The SMILES string of the molecule is CC1C2C(C[C@H]3[C@@H]4CC[C@H]5C[C@@H](O[C@@H]6O[C@H](CO)[C@H](O)[C@H](O)[C@H]6O[C@@H]6O[C@@H](C)[C@H](O)[C@@H](O)[C@H]6O)[C@H](O)C[C@]5(C)[C@H]4CC[C@]23C)O[C@]12CC[C@@H](C)CO2. The Morgan fingerprint density at radius 3 is 2.21 bits per heavy atom. The molecule has 298 valence electrons. The van der Waals surface area contributed by atoms with Gasteiger partial charge in [-0.3, -0.25) is 0 Å². The van der Waals surface area contributed by atoms with Crippen molar-refractivity contribution in [2.75, 3.05) is 13.2 Å². The molecule has 13 heteroatoms. The molecule has 3 unspecified atom stereocenters. The fourth-order valence-corrected chi connectivity index (χ4v) is 13.2. The molecule has 4 saturated carbocycles. The summed E-state index contributed by atoms with van der Waals surface area (Å²) in [4.78, 5) is 0. The van der Waals surface area contributed by atoms with Crippen molar-refractivity contribution in [3.8, 4) is 0 Å². The molecule has 8 rings (SSSR count).